The lowest BCUT2D eigenvalue weighted by molar-refractivity contribution is 0.198. The number of nitrogens with one attached hydrogen (secondary N) is 1. The predicted molar refractivity (Wildman–Crippen MR) is 116 cm³/mol. The highest BCUT2D eigenvalue weighted by Gasteiger charge is 2.38. The molecule has 2 unspecified atom stereocenters. The lowest BCUT2D eigenvalue weighted by Crippen LogP contribution is -2.37. The molecule has 0 heterocycles. The molecular weight excluding hydrogens is 348 g/mol. The zero-order valence-corrected chi connectivity index (χ0v) is 18.3. The Kier molecular flexibility index (Phi) is 7.22. The van der Waals surface area contributed by atoms with Crippen LogP contribution in [0.25, 0.3) is 11.1 Å². The molecule has 2 atom stereocenters. The van der Waals surface area contributed by atoms with Crippen molar-refractivity contribution in [2.75, 3.05) is 14.2 Å². The van der Waals surface area contributed by atoms with E-state index >= 15 is 0 Å². The number of hydrogen-bond donors (Lipinski definition) is 1. The quantitative estimate of drug-likeness (QED) is 0.460. The molecule has 0 spiro atoms. The van der Waals surface area contributed by atoms with Crippen LogP contribution in [-0.4, -0.2) is 14.2 Å². The van der Waals surface area contributed by atoms with Crippen LogP contribution in [0.15, 0.2) is 41.5 Å². The number of methoxy groups -OCH3 is 2. The first-order valence-electron chi connectivity index (χ1n) is 10.1. The Morgan fingerprint density at radius 2 is 1.39 bits per heavy atom. The molecule has 2 rings (SSSR count). The molecule has 0 aromatic heterocycles. The lowest BCUT2D eigenvalue weighted by atomic mass is 9.63. The maximum atomic E-state index is 7.27. The minimum atomic E-state index is 0.0407. The second-order valence-corrected chi connectivity index (χ2v) is 7.81. The van der Waals surface area contributed by atoms with Gasteiger partial charge in [-0.2, -0.15) is 5.11 Å². The second kappa shape index (κ2) is 9.22. The summed E-state index contributed by atoms with van der Waals surface area (Å²) in [6.07, 6.45) is 2.25. The molecule has 0 aliphatic carbocycles. The second-order valence-electron chi connectivity index (χ2n) is 7.81. The van der Waals surface area contributed by atoms with Gasteiger partial charge >= 0.3 is 0 Å². The zero-order chi connectivity index (χ0) is 20.9. The summed E-state index contributed by atoms with van der Waals surface area (Å²) in [5.41, 5.74) is 11.2. The van der Waals surface area contributed by atoms with Crippen LogP contribution in [0, 0.1) is 17.4 Å². The zero-order valence-electron chi connectivity index (χ0n) is 18.3. The van der Waals surface area contributed by atoms with Crippen molar-refractivity contribution in [2.24, 2.45) is 17.0 Å². The third-order valence-corrected chi connectivity index (χ3v) is 6.69. The third-order valence-electron chi connectivity index (χ3n) is 6.69. The van der Waals surface area contributed by atoms with Crippen LogP contribution in [-0.2, 0) is 5.41 Å². The predicted octanol–water partition coefficient (Wildman–Crippen LogP) is 7.38. The van der Waals surface area contributed by atoms with Gasteiger partial charge in [-0.15, -0.1) is 0 Å². The molecule has 0 aliphatic rings. The first kappa shape index (κ1) is 21.9. The Morgan fingerprint density at radius 1 is 0.893 bits per heavy atom. The molecule has 0 bridgehead atoms. The highest BCUT2D eigenvalue weighted by atomic mass is 16.5. The van der Waals surface area contributed by atoms with Gasteiger partial charge in [-0.25, -0.2) is 5.53 Å². The van der Waals surface area contributed by atoms with Gasteiger partial charge in [-0.3, -0.25) is 0 Å². The molecule has 2 aromatic carbocycles. The Morgan fingerprint density at radius 3 is 1.86 bits per heavy atom. The van der Waals surface area contributed by atoms with Crippen LogP contribution in [0.3, 0.4) is 0 Å². The smallest absolute Gasteiger partial charge is 0.146 e. The van der Waals surface area contributed by atoms with Gasteiger partial charge in [0.05, 0.1) is 14.2 Å². The molecule has 0 radical (unpaired) electrons. The molecule has 0 saturated heterocycles. The van der Waals surface area contributed by atoms with E-state index in [2.05, 4.69) is 57.9 Å². The molecule has 4 heteroatoms. The van der Waals surface area contributed by atoms with E-state index in [0.717, 1.165) is 29.7 Å². The summed E-state index contributed by atoms with van der Waals surface area (Å²) < 4.78 is 11.2. The minimum Gasteiger partial charge on any atom is -0.496 e. The molecule has 4 nitrogen and oxygen atoms in total. The summed E-state index contributed by atoms with van der Waals surface area (Å²) in [6.45, 7) is 11.6. The van der Waals surface area contributed by atoms with Crippen molar-refractivity contribution in [3.8, 4) is 22.6 Å². The number of rotatable bonds is 9. The van der Waals surface area contributed by atoms with Crippen LogP contribution < -0.4 is 9.47 Å². The summed E-state index contributed by atoms with van der Waals surface area (Å²) in [4.78, 5) is 0. The number of benzene rings is 2. The third kappa shape index (κ3) is 3.91. The maximum Gasteiger partial charge on any atom is 0.146 e. The number of ether oxygens (including phenoxy) is 2. The number of hydrogen-bond acceptors (Lipinski definition) is 4. The summed E-state index contributed by atoms with van der Waals surface area (Å²) in [5.74, 6) is 2.61. The Bertz CT molecular complexity index is 806. The first-order valence-corrected chi connectivity index (χ1v) is 10.1. The Labute approximate surface area is 169 Å². The summed E-state index contributed by atoms with van der Waals surface area (Å²) in [6, 6.07) is 12.2. The summed E-state index contributed by atoms with van der Waals surface area (Å²) in [7, 11) is 3.35. The van der Waals surface area contributed by atoms with E-state index in [9.17, 15) is 0 Å². The molecule has 0 amide bonds. The van der Waals surface area contributed by atoms with Crippen molar-refractivity contribution in [3.05, 3.63) is 42.0 Å². The van der Waals surface area contributed by atoms with Crippen molar-refractivity contribution in [1.29, 1.82) is 5.53 Å². The molecular formula is C24H34N2O2. The molecule has 0 aliphatic heterocycles. The first-order chi connectivity index (χ1) is 13.4. The van der Waals surface area contributed by atoms with E-state index in [1.54, 1.807) is 14.2 Å². The van der Waals surface area contributed by atoms with Crippen molar-refractivity contribution in [2.45, 2.75) is 52.9 Å². The monoisotopic (exact) mass is 382 g/mol. The molecule has 0 saturated carbocycles. The van der Waals surface area contributed by atoms with Gasteiger partial charge in [0, 0.05) is 11.0 Å². The average Bonchev–Trinajstić information content (AvgIpc) is 2.76. The van der Waals surface area contributed by atoms with Gasteiger partial charge in [0.2, 0.25) is 0 Å². The van der Waals surface area contributed by atoms with Gasteiger partial charge in [0.15, 0.2) is 0 Å². The highest BCUT2D eigenvalue weighted by molar-refractivity contribution is 5.71. The SMILES string of the molecule is CCC(C)C(C)(c1ccc(-c2ccc(N=N)c(OC)c2)cc1OC)C(C)CC. The largest absolute Gasteiger partial charge is 0.496 e. The Hall–Kier alpha value is -2.36. The lowest BCUT2D eigenvalue weighted by Gasteiger charge is -2.42. The minimum absolute atomic E-state index is 0.0407. The maximum absolute atomic E-state index is 7.27. The van der Waals surface area contributed by atoms with Gasteiger partial charge in [-0.1, -0.05) is 65.7 Å². The van der Waals surface area contributed by atoms with Crippen molar-refractivity contribution in [1.82, 2.24) is 0 Å². The summed E-state index contributed by atoms with van der Waals surface area (Å²) >= 11 is 0. The fraction of sp³-hybridized carbons (Fsp3) is 0.500. The normalized spacial score (nSPS) is 15.4. The van der Waals surface area contributed by atoms with Gasteiger partial charge in [0.25, 0.3) is 0 Å². The van der Waals surface area contributed by atoms with Crippen molar-refractivity contribution >= 4 is 5.69 Å². The van der Waals surface area contributed by atoms with Crippen LogP contribution in [0.1, 0.15) is 53.0 Å². The fourth-order valence-electron chi connectivity index (χ4n) is 4.13. The molecule has 0 fully saturated rings. The van der Waals surface area contributed by atoms with Gasteiger partial charge in [-0.05, 0) is 41.2 Å². The topological polar surface area (TPSA) is 54.7 Å². The van der Waals surface area contributed by atoms with E-state index in [0.29, 0.717) is 23.3 Å². The van der Waals surface area contributed by atoms with Gasteiger partial charge < -0.3 is 9.47 Å². The van der Waals surface area contributed by atoms with Crippen LogP contribution in [0.2, 0.25) is 0 Å². The van der Waals surface area contributed by atoms with Crippen LogP contribution in [0.5, 0.6) is 11.5 Å². The van der Waals surface area contributed by atoms with Crippen LogP contribution in [0.4, 0.5) is 5.69 Å². The molecule has 1 N–H and O–H groups in total. The average molecular weight is 383 g/mol. The van der Waals surface area contributed by atoms with Gasteiger partial charge in [0.1, 0.15) is 17.2 Å². The molecule has 2 aromatic rings. The van der Waals surface area contributed by atoms with E-state index in [1.165, 1.54) is 5.56 Å². The van der Waals surface area contributed by atoms with Crippen molar-refractivity contribution in [3.63, 3.8) is 0 Å². The van der Waals surface area contributed by atoms with E-state index in [1.807, 2.05) is 18.2 Å². The Balaban J connectivity index is 2.59. The van der Waals surface area contributed by atoms with E-state index in [4.69, 9.17) is 15.0 Å². The molecule has 152 valence electrons. The number of nitrogens with zero attached hydrogens (tertiary/aromatic N) is 1. The standard InChI is InChI=1S/C24H34N2O2/c1-8-16(3)24(5,17(4)9-2)20-12-10-18(14-22(20)27-6)19-11-13-21(26-25)23(15-19)28-7/h10-17,25H,8-9H2,1-7H3. The molecule has 28 heavy (non-hydrogen) atoms. The highest BCUT2D eigenvalue weighted by Crippen LogP contribution is 2.47. The summed E-state index contributed by atoms with van der Waals surface area (Å²) in [5, 5.41) is 3.51. The fourth-order valence-corrected chi connectivity index (χ4v) is 4.13. The van der Waals surface area contributed by atoms with Crippen molar-refractivity contribution < 1.29 is 9.47 Å². The van der Waals surface area contributed by atoms with E-state index < -0.39 is 0 Å². The van der Waals surface area contributed by atoms with Crippen LogP contribution >= 0.6 is 0 Å². The van der Waals surface area contributed by atoms with E-state index in [-0.39, 0.29) is 5.41 Å².